The Morgan fingerprint density at radius 3 is 2.83 bits per heavy atom. The van der Waals surface area contributed by atoms with Gasteiger partial charge in [-0.2, -0.15) is 0 Å². The Morgan fingerprint density at radius 2 is 2.26 bits per heavy atom. The summed E-state index contributed by atoms with van der Waals surface area (Å²) in [7, 11) is 0. The van der Waals surface area contributed by atoms with Crippen LogP contribution in [0.15, 0.2) is 10.6 Å². The second-order valence-corrected chi connectivity index (χ2v) is 6.96. The number of hydrogen-bond acceptors (Lipinski definition) is 5. The van der Waals surface area contributed by atoms with Crippen molar-refractivity contribution in [2.45, 2.75) is 46.1 Å². The number of nitrogens with zero attached hydrogens (tertiary/aromatic N) is 2. The summed E-state index contributed by atoms with van der Waals surface area (Å²) in [5, 5.41) is 16.6. The molecule has 1 aliphatic rings. The van der Waals surface area contributed by atoms with Gasteiger partial charge < -0.3 is 14.5 Å². The summed E-state index contributed by atoms with van der Waals surface area (Å²) in [6, 6.07) is 1.55. The van der Waals surface area contributed by atoms with Crippen LogP contribution in [-0.4, -0.2) is 45.7 Å². The normalized spacial score (nSPS) is 24.8. The molecule has 1 aromatic heterocycles. The number of amides is 2. The van der Waals surface area contributed by atoms with Gasteiger partial charge in [0.1, 0.15) is 5.76 Å². The van der Waals surface area contributed by atoms with Gasteiger partial charge in [0, 0.05) is 25.1 Å². The average Bonchev–Trinajstić information content (AvgIpc) is 2.85. The fourth-order valence-electron chi connectivity index (χ4n) is 2.94. The molecule has 1 saturated heterocycles. The Morgan fingerprint density at radius 1 is 1.57 bits per heavy atom. The van der Waals surface area contributed by atoms with Crippen LogP contribution in [0.5, 0.6) is 0 Å². The summed E-state index contributed by atoms with van der Waals surface area (Å²) in [5.74, 6) is -0.184. The first-order valence-electron chi connectivity index (χ1n) is 7.95. The van der Waals surface area contributed by atoms with Gasteiger partial charge in [0.2, 0.25) is 0 Å². The average molecular weight is 323 g/mol. The molecular formula is C16H25N3O4. The fourth-order valence-corrected chi connectivity index (χ4v) is 2.94. The van der Waals surface area contributed by atoms with E-state index in [1.165, 1.54) is 4.90 Å². The molecule has 0 radical (unpaired) electrons. The predicted molar refractivity (Wildman–Crippen MR) is 84.6 cm³/mol. The molecule has 2 heterocycles. The quantitative estimate of drug-likeness (QED) is 0.823. The van der Waals surface area contributed by atoms with Crippen molar-refractivity contribution < 1.29 is 19.2 Å². The lowest BCUT2D eigenvalue weighted by Crippen LogP contribution is -2.54. The molecule has 2 atom stereocenters. The van der Waals surface area contributed by atoms with Gasteiger partial charge in [-0.3, -0.25) is 14.9 Å². The molecule has 128 valence electrons. The van der Waals surface area contributed by atoms with Gasteiger partial charge in [0.05, 0.1) is 5.60 Å². The topological polar surface area (TPSA) is 95.7 Å². The zero-order chi connectivity index (χ0) is 17.2. The molecule has 1 fully saturated rings. The number of carbonyl (C=O) groups excluding carboxylic acids is 2. The Hall–Kier alpha value is -1.89. The third kappa shape index (κ3) is 4.31. The van der Waals surface area contributed by atoms with E-state index in [9.17, 15) is 14.7 Å². The number of likely N-dealkylation sites (tertiary alicyclic amines) is 1. The molecule has 2 rings (SSSR count). The van der Waals surface area contributed by atoms with Crippen LogP contribution < -0.4 is 5.32 Å². The van der Waals surface area contributed by atoms with Crippen molar-refractivity contribution in [2.24, 2.45) is 11.8 Å². The third-order valence-electron chi connectivity index (χ3n) is 4.32. The first-order chi connectivity index (χ1) is 10.7. The van der Waals surface area contributed by atoms with Crippen molar-refractivity contribution in [1.29, 1.82) is 0 Å². The number of carbonyl (C=O) groups is 2. The molecule has 2 N–H and O–H groups in total. The lowest BCUT2D eigenvalue weighted by molar-refractivity contribution is -0.148. The van der Waals surface area contributed by atoms with E-state index in [4.69, 9.17) is 4.52 Å². The van der Waals surface area contributed by atoms with Crippen molar-refractivity contribution in [1.82, 2.24) is 10.1 Å². The molecule has 0 bridgehead atoms. The van der Waals surface area contributed by atoms with Crippen LogP contribution in [0.2, 0.25) is 0 Å². The predicted octanol–water partition coefficient (Wildman–Crippen LogP) is 1.57. The number of piperidine rings is 1. The van der Waals surface area contributed by atoms with Gasteiger partial charge in [-0.05, 0) is 32.6 Å². The summed E-state index contributed by atoms with van der Waals surface area (Å²) < 4.78 is 4.86. The van der Waals surface area contributed by atoms with Crippen LogP contribution in [0.1, 0.15) is 39.4 Å². The number of rotatable bonds is 3. The largest absolute Gasteiger partial charge is 0.390 e. The van der Waals surface area contributed by atoms with Crippen molar-refractivity contribution in [3.8, 4) is 0 Å². The van der Waals surface area contributed by atoms with Crippen LogP contribution in [0.4, 0.5) is 5.82 Å². The van der Waals surface area contributed by atoms with Gasteiger partial charge in [-0.25, -0.2) is 0 Å². The standard InChI is InChI=1S/C16H25N3O4/c1-10(2)7-12-9-19(6-5-16(12,4)22)15(21)14(20)17-13-8-11(3)23-18-13/h8,10,12,22H,5-7,9H2,1-4H3,(H,17,18,20)/t12-,16+/m0/s1. The number of anilines is 1. The number of aliphatic hydroxyl groups is 1. The highest BCUT2D eigenvalue weighted by atomic mass is 16.5. The molecule has 0 saturated carbocycles. The molecular weight excluding hydrogens is 298 g/mol. The highest BCUT2D eigenvalue weighted by Gasteiger charge is 2.40. The Labute approximate surface area is 136 Å². The van der Waals surface area contributed by atoms with Crippen LogP contribution >= 0.6 is 0 Å². The summed E-state index contributed by atoms with van der Waals surface area (Å²) in [6.07, 6.45) is 1.27. The van der Waals surface area contributed by atoms with Gasteiger partial charge in [-0.1, -0.05) is 19.0 Å². The first kappa shape index (κ1) is 17.5. The summed E-state index contributed by atoms with van der Waals surface area (Å²) in [5.41, 5.74) is -0.805. The Bertz CT molecular complexity index is 580. The minimum Gasteiger partial charge on any atom is -0.390 e. The second kappa shape index (κ2) is 6.70. The van der Waals surface area contributed by atoms with Crippen LogP contribution in [0.3, 0.4) is 0 Å². The maximum atomic E-state index is 12.3. The maximum absolute atomic E-state index is 12.3. The Balaban J connectivity index is 2.00. The molecule has 0 spiro atoms. The molecule has 7 nitrogen and oxygen atoms in total. The summed E-state index contributed by atoms with van der Waals surface area (Å²) in [6.45, 7) is 8.42. The van der Waals surface area contributed by atoms with Crippen molar-refractivity contribution in [3.63, 3.8) is 0 Å². The van der Waals surface area contributed by atoms with E-state index in [1.54, 1.807) is 19.9 Å². The van der Waals surface area contributed by atoms with Crippen molar-refractivity contribution in [3.05, 3.63) is 11.8 Å². The number of aryl methyl sites for hydroxylation is 1. The first-order valence-corrected chi connectivity index (χ1v) is 7.95. The Kier molecular flexibility index (Phi) is 5.09. The number of nitrogens with one attached hydrogen (secondary N) is 1. The highest BCUT2D eigenvalue weighted by molar-refractivity contribution is 6.39. The van der Waals surface area contributed by atoms with E-state index < -0.39 is 17.4 Å². The van der Waals surface area contributed by atoms with E-state index in [0.717, 1.165) is 6.42 Å². The minimum absolute atomic E-state index is 0.0395. The van der Waals surface area contributed by atoms with Gasteiger partial charge in [0.25, 0.3) is 0 Å². The molecule has 0 unspecified atom stereocenters. The molecule has 1 aliphatic heterocycles. The molecule has 7 heteroatoms. The third-order valence-corrected chi connectivity index (χ3v) is 4.32. The monoisotopic (exact) mass is 323 g/mol. The number of aromatic nitrogens is 1. The van der Waals surface area contributed by atoms with Crippen LogP contribution in [0.25, 0.3) is 0 Å². The minimum atomic E-state index is -0.805. The van der Waals surface area contributed by atoms with Gasteiger partial charge in [-0.15, -0.1) is 0 Å². The fraction of sp³-hybridized carbons (Fsp3) is 0.688. The maximum Gasteiger partial charge on any atom is 0.315 e. The molecule has 23 heavy (non-hydrogen) atoms. The molecule has 0 aliphatic carbocycles. The van der Waals surface area contributed by atoms with Crippen LogP contribution in [0, 0.1) is 18.8 Å². The van der Waals surface area contributed by atoms with Gasteiger partial charge in [0.15, 0.2) is 5.82 Å². The smallest absolute Gasteiger partial charge is 0.315 e. The number of hydrogen-bond donors (Lipinski definition) is 2. The summed E-state index contributed by atoms with van der Waals surface area (Å²) >= 11 is 0. The van der Waals surface area contributed by atoms with E-state index in [1.807, 2.05) is 0 Å². The zero-order valence-corrected chi connectivity index (χ0v) is 14.1. The second-order valence-electron chi connectivity index (χ2n) is 6.96. The highest BCUT2D eigenvalue weighted by Crippen LogP contribution is 2.32. The zero-order valence-electron chi connectivity index (χ0n) is 14.1. The molecule has 2 amide bonds. The summed E-state index contributed by atoms with van der Waals surface area (Å²) in [4.78, 5) is 25.9. The van der Waals surface area contributed by atoms with Crippen LogP contribution in [-0.2, 0) is 9.59 Å². The van der Waals surface area contributed by atoms with Gasteiger partial charge >= 0.3 is 11.8 Å². The van der Waals surface area contributed by atoms with Crippen molar-refractivity contribution in [2.75, 3.05) is 18.4 Å². The van der Waals surface area contributed by atoms with E-state index in [0.29, 0.717) is 31.2 Å². The van der Waals surface area contributed by atoms with E-state index in [-0.39, 0.29) is 11.7 Å². The van der Waals surface area contributed by atoms with E-state index in [2.05, 4.69) is 24.3 Å². The lowest BCUT2D eigenvalue weighted by Gasteiger charge is -2.43. The SMILES string of the molecule is Cc1cc(NC(=O)C(=O)N2CC[C@@](C)(O)[C@@H](CC(C)C)C2)no1. The lowest BCUT2D eigenvalue weighted by atomic mass is 9.78. The van der Waals surface area contributed by atoms with Crippen molar-refractivity contribution >= 4 is 17.6 Å². The van der Waals surface area contributed by atoms with E-state index >= 15 is 0 Å². The molecule has 0 aromatic carbocycles. The molecule has 1 aromatic rings.